The highest BCUT2D eigenvalue weighted by molar-refractivity contribution is 5.98. The maximum Gasteiger partial charge on any atom is 0.248 e. The number of benzene rings is 2. The van der Waals surface area contributed by atoms with Crippen LogP contribution in [0.2, 0.25) is 0 Å². The molecule has 1 aliphatic rings. The maximum atomic E-state index is 12.2. The van der Waals surface area contributed by atoms with Crippen LogP contribution in [0.1, 0.15) is 23.2 Å². The fourth-order valence-electron chi connectivity index (χ4n) is 2.34. The lowest BCUT2D eigenvalue weighted by atomic mass is 9.98. The highest BCUT2D eigenvalue weighted by Gasteiger charge is 2.35. The van der Waals surface area contributed by atoms with E-state index in [2.05, 4.69) is 10.6 Å². The number of carbonyl (C=O) groups excluding carboxylic acids is 2. The van der Waals surface area contributed by atoms with Gasteiger partial charge >= 0.3 is 0 Å². The Morgan fingerprint density at radius 2 is 0.950 bits per heavy atom. The van der Waals surface area contributed by atoms with Crippen LogP contribution in [0.5, 0.6) is 0 Å². The predicted octanol–water partition coefficient (Wildman–Crippen LogP) is 1.71. The highest BCUT2D eigenvalue weighted by Crippen LogP contribution is 2.22. The Bertz CT molecular complexity index is 568. The van der Waals surface area contributed by atoms with Gasteiger partial charge in [0, 0.05) is 0 Å². The summed E-state index contributed by atoms with van der Waals surface area (Å²) in [7, 11) is 0. The summed E-state index contributed by atoms with van der Waals surface area (Å²) in [5.41, 5.74) is 1.56. The van der Waals surface area contributed by atoms with Gasteiger partial charge in [-0.05, 0) is 11.1 Å². The number of hydrogen-bond acceptors (Lipinski definition) is 2. The van der Waals surface area contributed by atoms with E-state index in [0.717, 1.165) is 11.1 Å². The van der Waals surface area contributed by atoms with E-state index in [1.165, 1.54) is 0 Å². The van der Waals surface area contributed by atoms with Crippen LogP contribution in [0, 0.1) is 0 Å². The molecule has 2 amide bonds. The molecule has 2 aromatic rings. The lowest BCUT2D eigenvalue weighted by molar-refractivity contribution is -0.137. The van der Waals surface area contributed by atoms with Crippen LogP contribution in [0.4, 0.5) is 0 Å². The number of carbonyl (C=O) groups is 2. The third-order valence-corrected chi connectivity index (χ3v) is 3.36. The Hall–Kier alpha value is -2.62. The first kappa shape index (κ1) is 12.4. The second kappa shape index (κ2) is 5.17. The van der Waals surface area contributed by atoms with Crippen LogP contribution in [0.25, 0.3) is 0 Å². The maximum absolute atomic E-state index is 12.2. The van der Waals surface area contributed by atoms with Gasteiger partial charge in [0.1, 0.15) is 12.1 Å². The van der Waals surface area contributed by atoms with Gasteiger partial charge in [-0.1, -0.05) is 60.7 Å². The minimum atomic E-state index is -0.622. The molecule has 1 aliphatic heterocycles. The van der Waals surface area contributed by atoms with Gasteiger partial charge in [0.2, 0.25) is 11.8 Å². The molecule has 0 saturated carbocycles. The van der Waals surface area contributed by atoms with E-state index in [1.54, 1.807) is 0 Å². The van der Waals surface area contributed by atoms with E-state index in [9.17, 15) is 9.59 Å². The summed E-state index contributed by atoms with van der Waals surface area (Å²) >= 11 is 0. The van der Waals surface area contributed by atoms with Crippen molar-refractivity contribution in [2.24, 2.45) is 0 Å². The van der Waals surface area contributed by atoms with Crippen molar-refractivity contribution in [3.63, 3.8) is 0 Å². The molecule has 2 N–H and O–H groups in total. The van der Waals surface area contributed by atoms with Gasteiger partial charge in [0.05, 0.1) is 0 Å². The Morgan fingerprint density at radius 3 is 1.30 bits per heavy atom. The molecule has 1 saturated heterocycles. The van der Waals surface area contributed by atoms with Crippen molar-refractivity contribution >= 4 is 11.8 Å². The van der Waals surface area contributed by atoms with Crippen molar-refractivity contribution in [1.82, 2.24) is 10.6 Å². The van der Waals surface area contributed by atoms with Gasteiger partial charge in [0.25, 0.3) is 0 Å². The lowest BCUT2D eigenvalue weighted by Crippen LogP contribution is -2.52. The van der Waals surface area contributed by atoms with Crippen LogP contribution in [-0.4, -0.2) is 11.8 Å². The highest BCUT2D eigenvalue weighted by atomic mass is 16.2. The van der Waals surface area contributed by atoms with Gasteiger partial charge in [-0.15, -0.1) is 0 Å². The molecule has 2 atom stereocenters. The summed E-state index contributed by atoms with van der Waals surface area (Å²) < 4.78 is 0. The second-order valence-electron chi connectivity index (χ2n) is 4.70. The van der Waals surface area contributed by atoms with Crippen LogP contribution >= 0.6 is 0 Å². The first-order valence-corrected chi connectivity index (χ1v) is 6.46. The molecule has 4 nitrogen and oxygen atoms in total. The van der Waals surface area contributed by atoms with E-state index in [-0.39, 0.29) is 11.8 Å². The van der Waals surface area contributed by atoms with Gasteiger partial charge in [0.15, 0.2) is 0 Å². The van der Waals surface area contributed by atoms with Gasteiger partial charge in [-0.25, -0.2) is 0 Å². The molecule has 20 heavy (non-hydrogen) atoms. The monoisotopic (exact) mass is 266 g/mol. The van der Waals surface area contributed by atoms with Gasteiger partial charge < -0.3 is 10.6 Å². The zero-order chi connectivity index (χ0) is 13.9. The Kier molecular flexibility index (Phi) is 3.21. The zero-order valence-electron chi connectivity index (χ0n) is 10.7. The summed E-state index contributed by atoms with van der Waals surface area (Å²) in [5, 5.41) is 5.56. The number of nitrogens with one attached hydrogen (secondary N) is 2. The largest absolute Gasteiger partial charge is 0.338 e. The summed E-state index contributed by atoms with van der Waals surface area (Å²) in [4.78, 5) is 24.4. The zero-order valence-corrected chi connectivity index (χ0v) is 10.7. The minimum Gasteiger partial charge on any atom is -0.338 e. The molecule has 1 fully saturated rings. The van der Waals surface area contributed by atoms with Gasteiger partial charge in [-0.3, -0.25) is 9.59 Å². The molecule has 100 valence electrons. The molecule has 0 unspecified atom stereocenters. The summed E-state index contributed by atoms with van der Waals surface area (Å²) in [6, 6.07) is 17.2. The molecule has 0 aromatic heterocycles. The topological polar surface area (TPSA) is 58.2 Å². The molecular formula is C16H14N2O2. The standard InChI is InChI=1S/C16H14N2O2/c19-15-13(11-7-3-1-4-8-11)17-16(20)14(18-15)12-9-5-2-6-10-12/h1-10,13-14H,(H,17,20)(H,18,19)/t13-,14+. The van der Waals surface area contributed by atoms with E-state index in [1.807, 2.05) is 60.7 Å². The third-order valence-electron chi connectivity index (χ3n) is 3.36. The molecule has 0 spiro atoms. The molecule has 0 aliphatic carbocycles. The quantitative estimate of drug-likeness (QED) is 0.869. The fraction of sp³-hybridized carbons (Fsp3) is 0.125. The van der Waals surface area contributed by atoms with Crippen molar-refractivity contribution in [2.75, 3.05) is 0 Å². The Labute approximate surface area is 116 Å². The average molecular weight is 266 g/mol. The van der Waals surface area contributed by atoms with Crippen molar-refractivity contribution in [3.8, 4) is 0 Å². The second-order valence-corrected chi connectivity index (χ2v) is 4.70. The normalized spacial score (nSPS) is 22.0. The molecule has 4 heteroatoms. The van der Waals surface area contributed by atoms with Crippen molar-refractivity contribution < 1.29 is 9.59 Å². The molecule has 0 radical (unpaired) electrons. The predicted molar refractivity (Wildman–Crippen MR) is 74.7 cm³/mol. The summed E-state index contributed by atoms with van der Waals surface area (Å²) in [6.45, 7) is 0. The van der Waals surface area contributed by atoms with Crippen molar-refractivity contribution in [3.05, 3.63) is 71.8 Å². The summed E-state index contributed by atoms with van der Waals surface area (Å²) in [5.74, 6) is -0.380. The Balaban J connectivity index is 1.84. The molecule has 0 bridgehead atoms. The van der Waals surface area contributed by atoms with Crippen molar-refractivity contribution in [1.29, 1.82) is 0 Å². The number of amides is 2. The minimum absolute atomic E-state index is 0.190. The molecule has 1 heterocycles. The van der Waals surface area contributed by atoms with Crippen LogP contribution in [0.15, 0.2) is 60.7 Å². The first-order valence-electron chi connectivity index (χ1n) is 6.46. The number of hydrogen-bond donors (Lipinski definition) is 2. The van der Waals surface area contributed by atoms with Crippen LogP contribution in [0.3, 0.4) is 0 Å². The average Bonchev–Trinajstić information content (AvgIpc) is 2.51. The van der Waals surface area contributed by atoms with E-state index < -0.39 is 12.1 Å². The third kappa shape index (κ3) is 2.28. The van der Waals surface area contributed by atoms with E-state index in [4.69, 9.17) is 0 Å². The smallest absolute Gasteiger partial charge is 0.248 e. The molecule has 3 rings (SSSR count). The van der Waals surface area contributed by atoms with Crippen molar-refractivity contribution in [2.45, 2.75) is 12.1 Å². The molecule has 2 aromatic carbocycles. The van der Waals surface area contributed by atoms with E-state index >= 15 is 0 Å². The van der Waals surface area contributed by atoms with E-state index in [0.29, 0.717) is 0 Å². The number of rotatable bonds is 2. The fourth-order valence-corrected chi connectivity index (χ4v) is 2.34. The van der Waals surface area contributed by atoms with Gasteiger partial charge in [-0.2, -0.15) is 0 Å². The Morgan fingerprint density at radius 1 is 0.600 bits per heavy atom. The lowest BCUT2D eigenvalue weighted by Gasteiger charge is -2.30. The summed E-state index contributed by atoms with van der Waals surface area (Å²) in [6.07, 6.45) is 0. The number of piperazine rings is 1. The van der Waals surface area contributed by atoms with Crippen LogP contribution in [-0.2, 0) is 9.59 Å². The molecular weight excluding hydrogens is 252 g/mol. The SMILES string of the molecule is O=C1N[C@H](c2ccccc2)C(=O)N[C@H]1c1ccccc1. The first-order chi connectivity index (χ1) is 9.75. The van der Waals surface area contributed by atoms with Crippen LogP contribution < -0.4 is 10.6 Å².